The maximum absolute atomic E-state index is 11.5. The van der Waals surface area contributed by atoms with E-state index in [9.17, 15) is 9.59 Å². The first kappa shape index (κ1) is 15.8. The minimum absolute atomic E-state index is 0.136. The fourth-order valence-electron chi connectivity index (χ4n) is 1.79. The van der Waals surface area contributed by atoms with Crippen molar-refractivity contribution in [1.29, 1.82) is 0 Å². The number of methoxy groups -OCH3 is 1. The molecule has 0 radical (unpaired) electrons. The van der Waals surface area contributed by atoms with E-state index in [1.165, 1.54) is 7.11 Å². The standard InChI is InChI=1S/C13H23NO5/c1-13(2,3)18-12(16)14-19-10(8-11(15)17-4)9-6-5-7-9/h9-10H,5-8H2,1-4H3,(H,14,16). The highest BCUT2D eigenvalue weighted by Gasteiger charge is 2.31. The monoisotopic (exact) mass is 273 g/mol. The normalized spacial score (nSPS) is 17.3. The van der Waals surface area contributed by atoms with Gasteiger partial charge in [0, 0.05) is 0 Å². The van der Waals surface area contributed by atoms with Gasteiger partial charge in [-0.25, -0.2) is 4.79 Å². The van der Waals surface area contributed by atoms with E-state index in [0.29, 0.717) is 0 Å². The second-order valence-corrected chi connectivity index (χ2v) is 5.73. The SMILES string of the molecule is COC(=O)CC(ONC(=O)OC(C)(C)C)C1CCC1. The molecule has 1 unspecified atom stereocenters. The second kappa shape index (κ2) is 6.75. The van der Waals surface area contributed by atoms with Crippen molar-refractivity contribution >= 4 is 12.1 Å². The molecule has 19 heavy (non-hydrogen) atoms. The summed E-state index contributed by atoms with van der Waals surface area (Å²) in [4.78, 5) is 28.1. The quantitative estimate of drug-likeness (QED) is 0.614. The number of amides is 1. The summed E-state index contributed by atoms with van der Waals surface area (Å²) in [5, 5.41) is 0. The van der Waals surface area contributed by atoms with Crippen LogP contribution in [0.15, 0.2) is 0 Å². The van der Waals surface area contributed by atoms with Crippen molar-refractivity contribution in [2.24, 2.45) is 5.92 Å². The maximum Gasteiger partial charge on any atom is 0.431 e. The largest absolute Gasteiger partial charge is 0.469 e. The van der Waals surface area contributed by atoms with Crippen LogP contribution < -0.4 is 5.48 Å². The third kappa shape index (κ3) is 5.92. The van der Waals surface area contributed by atoms with Crippen molar-refractivity contribution in [3.63, 3.8) is 0 Å². The number of hydrogen-bond acceptors (Lipinski definition) is 5. The number of carbonyl (C=O) groups excluding carboxylic acids is 2. The van der Waals surface area contributed by atoms with E-state index in [1.54, 1.807) is 20.8 Å². The van der Waals surface area contributed by atoms with E-state index in [0.717, 1.165) is 19.3 Å². The Hall–Kier alpha value is -1.30. The van der Waals surface area contributed by atoms with E-state index < -0.39 is 11.7 Å². The number of hydrogen-bond donors (Lipinski definition) is 1. The van der Waals surface area contributed by atoms with Crippen LogP contribution in [0, 0.1) is 5.92 Å². The van der Waals surface area contributed by atoms with Gasteiger partial charge in [0.15, 0.2) is 0 Å². The minimum atomic E-state index is -0.651. The summed E-state index contributed by atoms with van der Waals surface area (Å²) in [6.45, 7) is 5.30. The zero-order valence-electron chi connectivity index (χ0n) is 12.0. The molecular weight excluding hydrogens is 250 g/mol. The fourth-order valence-corrected chi connectivity index (χ4v) is 1.79. The molecule has 1 saturated carbocycles. The molecule has 1 amide bonds. The average Bonchev–Trinajstić information content (AvgIpc) is 2.20. The Bertz CT molecular complexity index is 319. The molecular formula is C13H23NO5. The predicted octanol–water partition coefficient (Wildman–Crippen LogP) is 2.17. The van der Waals surface area contributed by atoms with Gasteiger partial charge in [0.25, 0.3) is 0 Å². The molecule has 0 aromatic rings. The van der Waals surface area contributed by atoms with Crippen LogP contribution in [-0.2, 0) is 19.1 Å². The van der Waals surface area contributed by atoms with Crippen LogP contribution in [0.25, 0.3) is 0 Å². The van der Waals surface area contributed by atoms with Crippen molar-refractivity contribution in [1.82, 2.24) is 5.48 Å². The Morgan fingerprint density at radius 2 is 1.95 bits per heavy atom. The van der Waals surface area contributed by atoms with Crippen LogP contribution in [0.2, 0.25) is 0 Å². The molecule has 1 rings (SSSR count). The first-order chi connectivity index (χ1) is 8.81. The lowest BCUT2D eigenvalue weighted by molar-refractivity contribution is -0.149. The second-order valence-electron chi connectivity index (χ2n) is 5.73. The number of hydroxylamine groups is 1. The Morgan fingerprint density at radius 3 is 2.37 bits per heavy atom. The Labute approximate surface area is 113 Å². The van der Waals surface area contributed by atoms with Gasteiger partial charge in [-0.15, -0.1) is 0 Å². The lowest BCUT2D eigenvalue weighted by Crippen LogP contribution is -2.40. The van der Waals surface area contributed by atoms with E-state index in [-0.39, 0.29) is 24.4 Å². The lowest BCUT2D eigenvalue weighted by atomic mass is 9.80. The lowest BCUT2D eigenvalue weighted by Gasteiger charge is -2.32. The van der Waals surface area contributed by atoms with Crippen LogP contribution in [0.5, 0.6) is 0 Å². The number of nitrogens with one attached hydrogen (secondary N) is 1. The topological polar surface area (TPSA) is 73.9 Å². The summed E-state index contributed by atoms with van der Waals surface area (Å²) >= 11 is 0. The van der Waals surface area contributed by atoms with Crippen molar-refractivity contribution in [2.75, 3.05) is 7.11 Å². The van der Waals surface area contributed by atoms with Crippen LogP contribution in [0.1, 0.15) is 46.5 Å². The Kier molecular flexibility index (Phi) is 5.60. The molecule has 1 N–H and O–H groups in total. The van der Waals surface area contributed by atoms with Crippen molar-refractivity contribution in [2.45, 2.75) is 58.2 Å². The highest BCUT2D eigenvalue weighted by atomic mass is 16.7. The summed E-state index contributed by atoms with van der Waals surface area (Å²) in [6, 6.07) is 0. The third-order valence-electron chi connectivity index (χ3n) is 2.96. The van der Waals surface area contributed by atoms with Crippen LogP contribution in [0.4, 0.5) is 4.79 Å². The molecule has 0 heterocycles. The number of rotatable bonds is 5. The first-order valence-corrected chi connectivity index (χ1v) is 6.53. The summed E-state index contributed by atoms with van der Waals surface area (Å²) in [5.41, 5.74) is 1.67. The predicted molar refractivity (Wildman–Crippen MR) is 68.2 cm³/mol. The molecule has 1 aliphatic rings. The van der Waals surface area contributed by atoms with Gasteiger partial charge in [-0.3, -0.25) is 9.63 Å². The minimum Gasteiger partial charge on any atom is -0.469 e. The third-order valence-corrected chi connectivity index (χ3v) is 2.96. The average molecular weight is 273 g/mol. The molecule has 0 bridgehead atoms. The molecule has 110 valence electrons. The zero-order chi connectivity index (χ0) is 14.5. The smallest absolute Gasteiger partial charge is 0.431 e. The highest BCUT2D eigenvalue weighted by molar-refractivity contribution is 5.70. The summed E-state index contributed by atoms with van der Waals surface area (Å²) in [7, 11) is 1.33. The van der Waals surface area contributed by atoms with Gasteiger partial charge in [-0.1, -0.05) is 6.42 Å². The zero-order valence-corrected chi connectivity index (χ0v) is 12.0. The number of ether oxygens (including phenoxy) is 2. The summed E-state index contributed by atoms with van der Waals surface area (Å²) in [6.07, 6.45) is 2.25. The van der Waals surface area contributed by atoms with Gasteiger partial charge in [0.2, 0.25) is 0 Å². The van der Waals surface area contributed by atoms with Crippen molar-refractivity contribution in [3.8, 4) is 0 Å². The van der Waals surface area contributed by atoms with Crippen LogP contribution in [0.3, 0.4) is 0 Å². The molecule has 1 aliphatic carbocycles. The summed E-state index contributed by atoms with van der Waals surface area (Å²) in [5.74, 6) is -0.0584. The van der Waals surface area contributed by atoms with Crippen LogP contribution >= 0.6 is 0 Å². The molecule has 1 atom stereocenters. The number of esters is 1. The van der Waals surface area contributed by atoms with Gasteiger partial charge in [-0.05, 0) is 39.5 Å². The number of carbonyl (C=O) groups is 2. The van der Waals surface area contributed by atoms with E-state index in [4.69, 9.17) is 9.57 Å². The van der Waals surface area contributed by atoms with Gasteiger partial charge < -0.3 is 9.47 Å². The molecule has 0 aromatic heterocycles. The van der Waals surface area contributed by atoms with E-state index in [2.05, 4.69) is 10.2 Å². The Balaban J connectivity index is 2.40. The molecule has 1 fully saturated rings. The van der Waals surface area contributed by atoms with Gasteiger partial charge in [0.05, 0.1) is 19.6 Å². The Morgan fingerprint density at radius 1 is 1.32 bits per heavy atom. The van der Waals surface area contributed by atoms with Crippen LogP contribution in [-0.4, -0.2) is 30.9 Å². The molecule has 0 saturated heterocycles. The van der Waals surface area contributed by atoms with E-state index >= 15 is 0 Å². The summed E-state index contributed by atoms with van der Waals surface area (Å²) < 4.78 is 9.68. The molecule has 0 spiro atoms. The molecule has 6 heteroatoms. The molecule has 0 aliphatic heterocycles. The molecule has 0 aromatic carbocycles. The van der Waals surface area contributed by atoms with Crippen molar-refractivity contribution < 1.29 is 23.9 Å². The molecule has 6 nitrogen and oxygen atoms in total. The first-order valence-electron chi connectivity index (χ1n) is 6.53. The van der Waals surface area contributed by atoms with Gasteiger partial charge in [0.1, 0.15) is 5.60 Å². The van der Waals surface area contributed by atoms with Gasteiger partial charge >= 0.3 is 12.1 Å². The fraction of sp³-hybridized carbons (Fsp3) is 0.846. The van der Waals surface area contributed by atoms with Gasteiger partial charge in [-0.2, -0.15) is 5.48 Å². The maximum atomic E-state index is 11.5. The highest BCUT2D eigenvalue weighted by Crippen LogP contribution is 2.32. The van der Waals surface area contributed by atoms with E-state index in [1.807, 2.05) is 0 Å². The van der Waals surface area contributed by atoms with Crippen molar-refractivity contribution in [3.05, 3.63) is 0 Å².